The number of alkyl halides is 1. The van der Waals surface area contributed by atoms with Crippen LogP contribution >= 0.6 is 0 Å². The molecular weight excluding hydrogens is 263 g/mol. The maximum absolute atomic E-state index is 13.9. The third-order valence-corrected chi connectivity index (χ3v) is 2.28. The fourth-order valence-corrected chi connectivity index (χ4v) is 1.61. The smallest absolute Gasteiger partial charge is 0.305 e. The van der Waals surface area contributed by atoms with Crippen LogP contribution in [-0.2, 0) is 33.3 Å². The van der Waals surface area contributed by atoms with Crippen LogP contribution in [-0.4, -0.2) is 49.2 Å². The van der Waals surface area contributed by atoms with Gasteiger partial charge in [0.1, 0.15) is 12.7 Å². The number of rotatable bonds is 4. The highest BCUT2D eigenvalue weighted by atomic mass is 19.1. The van der Waals surface area contributed by atoms with Gasteiger partial charge in [0.25, 0.3) is 0 Å². The summed E-state index contributed by atoms with van der Waals surface area (Å²) in [4.78, 5) is 32.4. The number of carbonyl (C=O) groups excluding carboxylic acids is 3. The van der Waals surface area contributed by atoms with Crippen molar-refractivity contribution in [3.05, 3.63) is 0 Å². The first-order valence-corrected chi connectivity index (χ1v) is 5.58. The fourth-order valence-electron chi connectivity index (χ4n) is 1.61. The first kappa shape index (κ1) is 15.4. The molecular formula is C11H15FO7. The van der Waals surface area contributed by atoms with E-state index in [1.807, 2.05) is 0 Å². The predicted molar refractivity (Wildman–Crippen MR) is 57.5 cm³/mol. The van der Waals surface area contributed by atoms with Gasteiger partial charge < -0.3 is 18.9 Å². The molecule has 0 spiro atoms. The molecule has 0 radical (unpaired) electrons. The summed E-state index contributed by atoms with van der Waals surface area (Å²) in [6, 6.07) is 0. The highest BCUT2D eigenvalue weighted by Crippen LogP contribution is 2.28. The van der Waals surface area contributed by atoms with E-state index in [0.29, 0.717) is 0 Å². The van der Waals surface area contributed by atoms with E-state index in [2.05, 4.69) is 9.47 Å². The Labute approximate surface area is 108 Å². The molecule has 0 bridgehead atoms. The third-order valence-electron chi connectivity index (χ3n) is 2.28. The average Bonchev–Trinajstić information content (AvgIpc) is 2.53. The maximum Gasteiger partial charge on any atom is 0.305 e. The molecule has 1 fully saturated rings. The third kappa shape index (κ3) is 4.47. The molecule has 7 nitrogen and oxygen atoms in total. The Morgan fingerprint density at radius 1 is 1.05 bits per heavy atom. The zero-order valence-corrected chi connectivity index (χ0v) is 10.8. The summed E-state index contributed by atoms with van der Waals surface area (Å²) < 4.78 is 33.0. The number of esters is 3. The van der Waals surface area contributed by atoms with Crippen molar-refractivity contribution in [2.75, 3.05) is 6.61 Å². The van der Waals surface area contributed by atoms with E-state index in [1.54, 1.807) is 0 Å². The monoisotopic (exact) mass is 278 g/mol. The van der Waals surface area contributed by atoms with Crippen LogP contribution in [0.15, 0.2) is 0 Å². The van der Waals surface area contributed by atoms with Gasteiger partial charge >= 0.3 is 17.9 Å². The Balaban J connectivity index is 2.71. The summed E-state index contributed by atoms with van der Waals surface area (Å²) >= 11 is 0. The molecule has 0 aliphatic carbocycles. The molecule has 19 heavy (non-hydrogen) atoms. The maximum atomic E-state index is 13.9. The summed E-state index contributed by atoms with van der Waals surface area (Å²) in [6.45, 7) is 3.07. The molecule has 0 aromatic heterocycles. The van der Waals surface area contributed by atoms with E-state index in [4.69, 9.17) is 9.47 Å². The Kier molecular flexibility index (Phi) is 5.22. The zero-order valence-electron chi connectivity index (χ0n) is 10.8. The molecule has 0 amide bonds. The van der Waals surface area contributed by atoms with E-state index in [1.165, 1.54) is 6.92 Å². The van der Waals surface area contributed by atoms with Gasteiger partial charge in [0.15, 0.2) is 6.10 Å². The molecule has 1 aliphatic rings. The highest BCUT2D eigenvalue weighted by molar-refractivity contribution is 5.67. The molecule has 8 heteroatoms. The van der Waals surface area contributed by atoms with Crippen molar-refractivity contribution in [2.24, 2.45) is 0 Å². The first-order valence-electron chi connectivity index (χ1n) is 5.58. The zero-order chi connectivity index (χ0) is 14.6. The lowest BCUT2D eigenvalue weighted by Crippen LogP contribution is -2.37. The van der Waals surface area contributed by atoms with Crippen molar-refractivity contribution in [3.8, 4) is 0 Å². The van der Waals surface area contributed by atoms with Gasteiger partial charge in [-0.1, -0.05) is 0 Å². The van der Waals surface area contributed by atoms with Gasteiger partial charge in [-0.2, -0.15) is 0 Å². The average molecular weight is 278 g/mol. The quantitative estimate of drug-likeness (QED) is 0.532. The Morgan fingerprint density at radius 3 is 2.11 bits per heavy atom. The fraction of sp³-hybridized carbons (Fsp3) is 0.727. The largest absolute Gasteiger partial charge is 0.463 e. The summed E-state index contributed by atoms with van der Waals surface area (Å²) in [6.07, 6.45) is -5.64. The minimum atomic E-state index is -1.84. The Hall–Kier alpha value is -1.70. The minimum absolute atomic E-state index is 0.300. The van der Waals surface area contributed by atoms with Gasteiger partial charge in [0.2, 0.25) is 12.5 Å². The topological polar surface area (TPSA) is 88.1 Å². The van der Waals surface area contributed by atoms with Crippen LogP contribution in [0.1, 0.15) is 20.8 Å². The van der Waals surface area contributed by atoms with Crippen molar-refractivity contribution >= 4 is 17.9 Å². The predicted octanol–water partition coefficient (Wildman–Crippen LogP) is 0.107. The second kappa shape index (κ2) is 6.46. The number of hydrogen-bond donors (Lipinski definition) is 0. The van der Waals surface area contributed by atoms with Crippen LogP contribution in [0.4, 0.5) is 4.39 Å². The summed E-state index contributed by atoms with van der Waals surface area (Å²) in [5.74, 6) is -2.04. The molecule has 1 saturated heterocycles. The molecule has 0 aromatic rings. The van der Waals surface area contributed by atoms with Crippen molar-refractivity contribution in [3.63, 3.8) is 0 Å². The van der Waals surface area contributed by atoms with Gasteiger partial charge in [-0.15, -0.1) is 0 Å². The number of hydrogen-bond acceptors (Lipinski definition) is 7. The van der Waals surface area contributed by atoms with Crippen LogP contribution in [0, 0.1) is 0 Å². The molecule has 0 saturated carbocycles. The number of halogens is 1. The number of carbonyl (C=O) groups is 3. The molecule has 1 aliphatic heterocycles. The van der Waals surface area contributed by atoms with E-state index in [-0.39, 0.29) is 6.61 Å². The van der Waals surface area contributed by atoms with Crippen molar-refractivity contribution in [1.29, 1.82) is 0 Å². The standard InChI is InChI=1S/C11H15FO7/c1-5(13)16-4-8-10(17-6(2)14)9(12)11(19-8)18-7(3)15/h8-11H,4H2,1-3H3. The van der Waals surface area contributed by atoms with E-state index >= 15 is 0 Å². The van der Waals surface area contributed by atoms with Crippen LogP contribution in [0.5, 0.6) is 0 Å². The molecule has 0 aromatic carbocycles. The van der Waals surface area contributed by atoms with Crippen molar-refractivity contribution < 1.29 is 37.7 Å². The first-order chi connectivity index (χ1) is 8.81. The second-order valence-corrected chi connectivity index (χ2v) is 3.97. The SMILES string of the molecule is CC(=O)OCC1OC(OC(C)=O)C(F)C1OC(C)=O. The normalized spacial score (nSPS) is 29.7. The minimum Gasteiger partial charge on any atom is -0.463 e. The van der Waals surface area contributed by atoms with E-state index in [0.717, 1.165) is 13.8 Å². The van der Waals surface area contributed by atoms with Gasteiger partial charge in [0.05, 0.1) is 0 Å². The lowest BCUT2D eigenvalue weighted by Gasteiger charge is -2.17. The van der Waals surface area contributed by atoms with Crippen LogP contribution in [0.25, 0.3) is 0 Å². The van der Waals surface area contributed by atoms with Gasteiger partial charge in [-0.3, -0.25) is 14.4 Å². The van der Waals surface area contributed by atoms with Crippen molar-refractivity contribution in [1.82, 2.24) is 0 Å². The molecule has 4 unspecified atom stereocenters. The van der Waals surface area contributed by atoms with E-state index < -0.39 is 42.6 Å². The molecule has 4 atom stereocenters. The molecule has 0 N–H and O–H groups in total. The van der Waals surface area contributed by atoms with Gasteiger partial charge in [-0.25, -0.2) is 4.39 Å². The lowest BCUT2D eigenvalue weighted by molar-refractivity contribution is -0.184. The summed E-state index contributed by atoms with van der Waals surface area (Å²) in [7, 11) is 0. The Bertz CT molecular complexity index is 370. The van der Waals surface area contributed by atoms with Crippen LogP contribution in [0.3, 0.4) is 0 Å². The summed E-state index contributed by atoms with van der Waals surface area (Å²) in [5.41, 5.74) is 0. The van der Waals surface area contributed by atoms with Gasteiger partial charge in [0, 0.05) is 20.8 Å². The second-order valence-electron chi connectivity index (χ2n) is 3.97. The van der Waals surface area contributed by atoms with Gasteiger partial charge in [-0.05, 0) is 0 Å². The van der Waals surface area contributed by atoms with Crippen molar-refractivity contribution in [2.45, 2.75) is 45.4 Å². The van der Waals surface area contributed by atoms with Crippen LogP contribution < -0.4 is 0 Å². The lowest BCUT2D eigenvalue weighted by atomic mass is 10.1. The summed E-state index contributed by atoms with van der Waals surface area (Å²) in [5, 5.41) is 0. The number of ether oxygens (including phenoxy) is 4. The highest BCUT2D eigenvalue weighted by Gasteiger charge is 2.49. The molecule has 108 valence electrons. The Morgan fingerprint density at radius 2 is 1.63 bits per heavy atom. The van der Waals surface area contributed by atoms with Crippen LogP contribution in [0.2, 0.25) is 0 Å². The van der Waals surface area contributed by atoms with E-state index in [9.17, 15) is 18.8 Å². The molecule has 1 heterocycles. The molecule has 1 rings (SSSR count).